The topological polar surface area (TPSA) is 25.8 Å². The van der Waals surface area contributed by atoms with Crippen LogP contribution in [0.4, 0.5) is 0 Å². The highest BCUT2D eigenvalue weighted by Gasteiger charge is 2.57. The van der Waals surface area contributed by atoms with Crippen molar-refractivity contribution in [3.63, 3.8) is 0 Å². The van der Waals surface area contributed by atoms with Crippen molar-refractivity contribution in [2.75, 3.05) is 0 Å². The Labute approximate surface area is 703 Å². The van der Waals surface area contributed by atoms with E-state index in [0.29, 0.717) is 0 Å². The Bertz CT molecular complexity index is 7720. The molecule has 2 nitrogen and oxygen atoms in total. The Morgan fingerprint density at radius 2 is 0.339 bits per heavy atom. The van der Waals surface area contributed by atoms with E-state index in [4.69, 9.17) is 9.97 Å². The van der Waals surface area contributed by atoms with Crippen molar-refractivity contribution in [1.29, 1.82) is 0 Å². The molecule has 8 aliphatic rings. The van der Waals surface area contributed by atoms with E-state index in [0.717, 1.165) is 75.6 Å². The molecule has 2 aromatic heterocycles. The van der Waals surface area contributed by atoms with Gasteiger partial charge in [-0.25, -0.2) is 9.97 Å². The van der Waals surface area contributed by atoms with Gasteiger partial charge in [0.25, 0.3) is 0 Å². The monoisotopic (exact) mass is 1540 g/mol. The second-order valence-electron chi connectivity index (χ2n) is 34.4. The third-order valence-electron chi connectivity index (χ3n) is 29.6. The first-order chi connectivity index (χ1) is 60.1. The average molecular weight is 1540 g/mol. The molecule has 4 spiro atoms. The van der Waals surface area contributed by atoms with Gasteiger partial charge in [-0.15, -0.1) is 11.3 Å². The molecule has 554 valence electrons. The van der Waals surface area contributed by atoms with Crippen molar-refractivity contribution in [2.24, 2.45) is 0 Å². The van der Waals surface area contributed by atoms with Crippen LogP contribution in [0.5, 0.6) is 0 Å². The largest absolute Gasteiger partial charge is 0.242 e. The molecule has 0 saturated carbocycles. The van der Waals surface area contributed by atoms with Gasteiger partial charge in [0.2, 0.25) is 0 Å². The number of hydrogen-bond acceptors (Lipinski definition) is 3. The second-order valence-corrected chi connectivity index (χ2v) is 35.4. The molecule has 0 unspecified atom stereocenters. The van der Waals surface area contributed by atoms with Crippen molar-refractivity contribution in [2.45, 2.75) is 21.7 Å². The summed E-state index contributed by atoms with van der Waals surface area (Å²) >= 11 is 1.87. The first kappa shape index (κ1) is 65.1. The van der Waals surface area contributed by atoms with E-state index < -0.39 is 21.7 Å². The van der Waals surface area contributed by atoms with Crippen molar-refractivity contribution < 1.29 is 0 Å². The van der Waals surface area contributed by atoms with Crippen molar-refractivity contribution in [1.82, 2.24) is 9.97 Å². The molecule has 0 saturated heterocycles. The van der Waals surface area contributed by atoms with Crippen molar-refractivity contribution >= 4 is 54.9 Å². The molecule has 0 atom stereocenters. The molecule has 0 aliphatic heterocycles. The number of rotatable bonds is 4. The number of benzene rings is 19. The molecule has 21 aromatic rings. The summed E-state index contributed by atoms with van der Waals surface area (Å²) < 4.78 is 0. The number of nitrogens with zero attached hydrogens (tertiary/aromatic N) is 2. The molecule has 0 radical (unpaired) electrons. The summed E-state index contributed by atoms with van der Waals surface area (Å²) in [6.45, 7) is 0. The van der Waals surface area contributed by atoms with Crippen LogP contribution in [0.3, 0.4) is 0 Å². The van der Waals surface area contributed by atoms with E-state index in [1.54, 1.807) is 0 Å². The average Bonchev–Trinajstić information content (AvgIpc) is 1.58. The molecule has 0 amide bonds. The SMILES string of the molecule is c1ccc2c(c1)-c1ccccc1C21c2ccccc2-c2c(-c3ccc4c(c3)c3cc(-c5cccc6c5-c5ccccc5C65c6ccccc6-c6ccccc65)ccc3c3nc5c(-c6cccc7c6-c6ccccc6C76c7ccccc7-c7ccccc76)sc(-c6cccc7c6-c6ccccc6C76c7ccccc7-c7ccccc76)c5nc43)cccc21. The normalized spacial score (nSPS) is 14.9. The van der Waals surface area contributed by atoms with Gasteiger partial charge in [-0.3, -0.25) is 0 Å². The Hall–Kier alpha value is -15.0. The standard InChI is InChI=1S/C118H66N2S/c1-13-45-89-71(29-1)72-30-2-14-46-90(72)115(89)97-53-21-9-37-81(97)105-69(41-25-57-101(105)115)67-61-63-79-87(65-67)88-66-68(70-42-26-58-102-106(70)82-38-10-22-54-98(82)116(102)91-47-15-3-31-73(91)74-32-4-16-48-92(74)116)62-64-80(88)110-109(79)119-111-112(120-110)114(86-44-28-60-104-108(86)84-40-12-24-56-100(84)118(104)95-51-19-7-35-77(95)78-36-8-20-52-96(78)118)121-113(111)85-43-27-59-103-107(85)83-39-11-23-55-99(83)117(103)93-49-17-5-33-75(93)76-34-6-18-50-94(76)117/h1-66H. The van der Waals surface area contributed by atoms with Gasteiger partial charge in [0.1, 0.15) is 11.0 Å². The summed E-state index contributed by atoms with van der Waals surface area (Å²) in [4.78, 5) is 15.1. The van der Waals surface area contributed by atoms with Gasteiger partial charge >= 0.3 is 0 Å². The Kier molecular flexibility index (Phi) is 12.4. The van der Waals surface area contributed by atoms with Gasteiger partial charge in [-0.05, 0) is 223 Å². The van der Waals surface area contributed by atoms with E-state index in [9.17, 15) is 0 Å². The van der Waals surface area contributed by atoms with E-state index in [1.165, 1.54) is 189 Å². The lowest BCUT2D eigenvalue weighted by molar-refractivity contribution is 0.794. The molecule has 19 aromatic carbocycles. The fourth-order valence-corrected chi connectivity index (χ4v) is 26.6. The smallest absolute Gasteiger partial charge is 0.109 e. The van der Waals surface area contributed by atoms with Gasteiger partial charge in [-0.1, -0.05) is 388 Å². The second kappa shape index (κ2) is 23.0. The fourth-order valence-electron chi connectivity index (χ4n) is 25.4. The Morgan fingerprint density at radius 1 is 0.149 bits per heavy atom. The lowest BCUT2D eigenvalue weighted by atomic mass is 9.70. The summed E-state index contributed by atoms with van der Waals surface area (Å²) in [5.41, 5.74) is 49.9. The van der Waals surface area contributed by atoms with Crippen LogP contribution in [0.25, 0.3) is 176 Å². The molecule has 0 fully saturated rings. The van der Waals surface area contributed by atoms with Crippen LogP contribution >= 0.6 is 11.3 Å². The maximum atomic E-state index is 6.45. The molecule has 29 rings (SSSR count). The highest BCUT2D eigenvalue weighted by Crippen LogP contribution is 2.70. The van der Waals surface area contributed by atoms with E-state index in [2.05, 4.69) is 400 Å². The highest BCUT2D eigenvalue weighted by atomic mass is 32.1. The van der Waals surface area contributed by atoms with Gasteiger partial charge in [0.05, 0.1) is 42.4 Å². The predicted octanol–water partition coefficient (Wildman–Crippen LogP) is 29.2. The summed E-state index contributed by atoms with van der Waals surface area (Å²) in [6, 6.07) is 154. The Morgan fingerprint density at radius 3 is 0.587 bits per heavy atom. The molecular weight excluding hydrogens is 1480 g/mol. The van der Waals surface area contributed by atoms with Crippen LogP contribution in [0.15, 0.2) is 400 Å². The van der Waals surface area contributed by atoms with E-state index in [1.807, 2.05) is 11.3 Å². The summed E-state index contributed by atoms with van der Waals surface area (Å²) in [7, 11) is 0. The number of hydrogen-bond donors (Lipinski definition) is 0. The third-order valence-corrected chi connectivity index (χ3v) is 30.8. The van der Waals surface area contributed by atoms with Crippen LogP contribution < -0.4 is 0 Å². The highest BCUT2D eigenvalue weighted by molar-refractivity contribution is 7.21. The summed E-state index contributed by atoms with van der Waals surface area (Å²) in [5, 5.41) is 4.36. The van der Waals surface area contributed by atoms with Gasteiger partial charge in [-0.2, -0.15) is 0 Å². The minimum Gasteiger partial charge on any atom is -0.242 e. The number of fused-ring (bicyclic) bond motifs is 47. The minimum atomic E-state index is -0.563. The minimum absolute atomic E-state index is 0.511. The molecule has 3 heteroatoms. The van der Waals surface area contributed by atoms with Crippen LogP contribution in [0.1, 0.15) is 89.0 Å². The van der Waals surface area contributed by atoms with Crippen LogP contribution in [-0.4, -0.2) is 9.97 Å². The molecule has 121 heavy (non-hydrogen) atoms. The van der Waals surface area contributed by atoms with Crippen LogP contribution in [0, 0.1) is 0 Å². The number of aromatic nitrogens is 2. The molecular formula is C118H66N2S. The molecule has 8 aliphatic carbocycles. The summed E-state index contributed by atoms with van der Waals surface area (Å²) in [5.74, 6) is 0. The lowest BCUT2D eigenvalue weighted by Gasteiger charge is -2.30. The van der Waals surface area contributed by atoms with Crippen LogP contribution in [0.2, 0.25) is 0 Å². The zero-order chi connectivity index (χ0) is 78.5. The van der Waals surface area contributed by atoms with Crippen molar-refractivity contribution in [3.05, 3.63) is 489 Å². The molecule has 0 bridgehead atoms. The molecule has 2 heterocycles. The fraction of sp³-hybridized carbons (Fsp3) is 0.0339. The quantitative estimate of drug-likeness (QED) is 0.164. The maximum Gasteiger partial charge on any atom is 0.109 e. The van der Waals surface area contributed by atoms with Crippen molar-refractivity contribution in [3.8, 4) is 132 Å². The van der Waals surface area contributed by atoms with Gasteiger partial charge in [0, 0.05) is 21.9 Å². The zero-order valence-electron chi connectivity index (χ0n) is 65.4. The predicted molar refractivity (Wildman–Crippen MR) is 497 cm³/mol. The summed E-state index contributed by atoms with van der Waals surface area (Å²) in [6.07, 6.45) is 0. The molecule has 0 N–H and O–H groups in total. The first-order valence-electron chi connectivity index (χ1n) is 42.4. The van der Waals surface area contributed by atoms with Gasteiger partial charge < -0.3 is 0 Å². The van der Waals surface area contributed by atoms with E-state index >= 15 is 0 Å². The van der Waals surface area contributed by atoms with Gasteiger partial charge in [0.15, 0.2) is 0 Å². The maximum absolute atomic E-state index is 6.45. The van der Waals surface area contributed by atoms with E-state index in [-0.39, 0.29) is 0 Å². The van der Waals surface area contributed by atoms with Crippen LogP contribution in [-0.2, 0) is 21.7 Å². The number of thiophene rings is 1. The third kappa shape index (κ3) is 7.59. The first-order valence-corrected chi connectivity index (χ1v) is 43.2. The Balaban J connectivity index is 0.732. The zero-order valence-corrected chi connectivity index (χ0v) is 66.2. The lowest BCUT2D eigenvalue weighted by Crippen LogP contribution is -2.25.